The molecule has 1 aromatic rings. The molecule has 0 amide bonds. The number of rotatable bonds is 5. The smallest absolute Gasteiger partial charge is 0.265 e. The summed E-state index contributed by atoms with van der Waals surface area (Å²) in [6.07, 6.45) is -0.318. The van der Waals surface area contributed by atoms with Crippen molar-refractivity contribution >= 4 is 5.95 Å². The summed E-state index contributed by atoms with van der Waals surface area (Å²) in [6, 6.07) is 0. The Hall–Kier alpha value is -1.14. The summed E-state index contributed by atoms with van der Waals surface area (Å²) in [6.45, 7) is 3.15. The molecule has 14 heavy (non-hydrogen) atoms. The van der Waals surface area contributed by atoms with Crippen LogP contribution in [0.4, 0.5) is 5.95 Å². The second kappa shape index (κ2) is 4.92. The van der Waals surface area contributed by atoms with Crippen LogP contribution >= 0.6 is 0 Å². The van der Waals surface area contributed by atoms with Crippen LogP contribution in [0.25, 0.3) is 0 Å². The molecule has 1 unspecified atom stereocenters. The summed E-state index contributed by atoms with van der Waals surface area (Å²) in [4.78, 5) is 6.04. The van der Waals surface area contributed by atoms with Gasteiger partial charge in [0.15, 0.2) is 0 Å². The van der Waals surface area contributed by atoms with Gasteiger partial charge in [0, 0.05) is 27.2 Å². The highest BCUT2D eigenvalue weighted by atomic mass is 16.5. The molecule has 1 atom stereocenters. The van der Waals surface area contributed by atoms with Gasteiger partial charge in [-0.05, 0) is 12.1 Å². The van der Waals surface area contributed by atoms with Gasteiger partial charge in [0.2, 0.25) is 0 Å². The first-order valence-electron chi connectivity index (χ1n) is 4.50. The molecule has 0 radical (unpaired) electrons. The van der Waals surface area contributed by atoms with Gasteiger partial charge in [0.05, 0.1) is 0 Å². The molecule has 80 valence electrons. The van der Waals surface area contributed by atoms with Crippen molar-refractivity contribution in [1.29, 1.82) is 0 Å². The van der Waals surface area contributed by atoms with Crippen LogP contribution in [0.15, 0.2) is 4.52 Å². The van der Waals surface area contributed by atoms with Crippen molar-refractivity contribution in [1.82, 2.24) is 10.1 Å². The van der Waals surface area contributed by atoms with E-state index in [4.69, 9.17) is 15.0 Å². The van der Waals surface area contributed by atoms with E-state index in [0.717, 1.165) is 6.54 Å². The zero-order valence-electron chi connectivity index (χ0n) is 8.73. The zero-order chi connectivity index (χ0) is 10.6. The Morgan fingerprint density at radius 1 is 1.64 bits per heavy atom. The van der Waals surface area contributed by atoms with Crippen LogP contribution in [-0.4, -0.2) is 37.4 Å². The van der Waals surface area contributed by atoms with E-state index >= 15 is 0 Å². The Labute approximate surface area is 83.0 Å². The monoisotopic (exact) mass is 200 g/mol. The van der Waals surface area contributed by atoms with Crippen LogP contribution in [-0.2, 0) is 4.74 Å². The van der Waals surface area contributed by atoms with Gasteiger partial charge in [-0.3, -0.25) is 0 Å². The molecule has 0 aliphatic rings. The van der Waals surface area contributed by atoms with E-state index in [1.165, 1.54) is 0 Å². The third kappa shape index (κ3) is 2.21. The fraction of sp³-hybridized carbons (Fsp3) is 0.750. The summed E-state index contributed by atoms with van der Waals surface area (Å²) in [5.74, 6) is 0.975. The third-order valence-corrected chi connectivity index (χ3v) is 2.02. The van der Waals surface area contributed by atoms with Gasteiger partial charge in [-0.2, -0.15) is 4.98 Å². The molecule has 0 aliphatic heterocycles. The minimum atomic E-state index is -0.318. The summed E-state index contributed by atoms with van der Waals surface area (Å²) in [5, 5.41) is 3.81. The predicted octanol–water partition coefficient (Wildman–Crippen LogP) is 0.172. The van der Waals surface area contributed by atoms with Crippen molar-refractivity contribution in [3.63, 3.8) is 0 Å². The molecule has 6 nitrogen and oxygen atoms in total. The van der Waals surface area contributed by atoms with Crippen molar-refractivity contribution < 1.29 is 9.26 Å². The number of ether oxygens (including phenoxy) is 1. The third-order valence-electron chi connectivity index (χ3n) is 2.02. The topological polar surface area (TPSA) is 77.4 Å². The van der Waals surface area contributed by atoms with E-state index in [9.17, 15) is 0 Å². The first-order chi connectivity index (χ1) is 6.72. The molecule has 0 fully saturated rings. The Morgan fingerprint density at radius 2 is 2.36 bits per heavy atom. The molecule has 1 aromatic heterocycles. The van der Waals surface area contributed by atoms with Crippen molar-refractivity contribution in [2.75, 3.05) is 32.1 Å². The standard InChI is InChI=1S/C8H16N4O2/c1-4-12(2)8-10-7(14-11-8)6(5-9)13-3/h6H,4-5,9H2,1-3H3. The number of methoxy groups -OCH3 is 1. The van der Waals surface area contributed by atoms with Crippen LogP contribution in [0.2, 0.25) is 0 Å². The van der Waals surface area contributed by atoms with E-state index in [-0.39, 0.29) is 6.10 Å². The molecule has 0 bridgehead atoms. The van der Waals surface area contributed by atoms with E-state index in [0.29, 0.717) is 18.4 Å². The minimum absolute atomic E-state index is 0.318. The van der Waals surface area contributed by atoms with E-state index in [1.54, 1.807) is 7.11 Å². The quantitative estimate of drug-likeness (QED) is 0.730. The summed E-state index contributed by atoms with van der Waals surface area (Å²) < 4.78 is 10.1. The number of nitrogens with two attached hydrogens (primary N) is 1. The first-order valence-corrected chi connectivity index (χ1v) is 4.50. The lowest BCUT2D eigenvalue weighted by Gasteiger charge is -2.09. The highest BCUT2D eigenvalue weighted by molar-refractivity contribution is 5.25. The van der Waals surface area contributed by atoms with E-state index in [2.05, 4.69) is 10.1 Å². The number of hydrogen-bond donors (Lipinski definition) is 1. The summed E-state index contributed by atoms with van der Waals surface area (Å²) in [5.41, 5.74) is 5.47. The minimum Gasteiger partial charge on any atom is -0.370 e. The number of nitrogens with zero attached hydrogens (tertiary/aromatic N) is 3. The molecule has 1 heterocycles. The Morgan fingerprint density at radius 3 is 2.86 bits per heavy atom. The number of anilines is 1. The van der Waals surface area contributed by atoms with E-state index in [1.807, 2.05) is 18.9 Å². The lowest BCUT2D eigenvalue weighted by molar-refractivity contribution is 0.0804. The molecule has 0 saturated heterocycles. The van der Waals surface area contributed by atoms with Gasteiger partial charge in [0.1, 0.15) is 6.10 Å². The van der Waals surface area contributed by atoms with Crippen molar-refractivity contribution in [2.45, 2.75) is 13.0 Å². The summed E-state index contributed by atoms with van der Waals surface area (Å²) in [7, 11) is 3.45. The molecule has 1 rings (SSSR count). The van der Waals surface area contributed by atoms with Crippen molar-refractivity contribution in [3.05, 3.63) is 5.89 Å². The maximum Gasteiger partial charge on any atom is 0.265 e. The second-order valence-electron chi connectivity index (χ2n) is 2.91. The van der Waals surface area contributed by atoms with Gasteiger partial charge in [0.25, 0.3) is 11.8 Å². The van der Waals surface area contributed by atoms with Gasteiger partial charge in [-0.25, -0.2) is 0 Å². The SMILES string of the molecule is CCN(C)c1noc(C(CN)OC)n1. The molecule has 0 aromatic carbocycles. The van der Waals surface area contributed by atoms with Crippen LogP contribution in [0, 0.1) is 0 Å². The highest BCUT2D eigenvalue weighted by Crippen LogP contribution is 2.15. The molecular weight excluding hydrogens is 184 g/mol. The predicted molar refractivity (Wildman–Crippen MR) is 52.0 cm³/mol. The molecular formula is C8H16N4O2. The maximum atomic E-state index is 5.47. The average Bonchev–Trinajstić information content (AvgIpc) is 2.68. The number of aromatic nitrogens is 2. The highest BCUT2D eigenvalue weighted by Gasteiger charge is 2.17. The van der Waals surface area contributed by atoms with Gasteiger partial charge < -0.3 is 19.9 Å². The normalized spacial score (nSPS) is 12.9. The molecule has 0 aliphatic carbocycles. The van der Waals surface area contributed by atoms with E-state index < -0.39 is 0 Å². The molecule has 0 saturated carbocycles. The number of hydrogen-bond acceptors (Lipinski definition) is 6. The average molecular weight is 200 g/mol. The Bertz CT molecular complexity index is 272. The van der Waals surface area contributed by atoms with Crippen LogP contribution in [0.1, 0.15) is 18.9 Å². The van der Waals surface area contributed by atoms with Gasteiger partial charge >= 0.3 is 0 Å². The van der Waals surface area contributed by atoms with Crippen LogP contribution in [0.5, 0.6) is 0 Å². The molecule has 6 heteroatoms. The van der Waals surface area contributed by atoms with Crippen molar-refractivity contribution in [2.24, 2.45) is 5.73 Å². The zero-order valence-corrected chi connectivity index (χ0v) is 8.73. The lowest BCUT2D eigenvalue weighted by atomic mass is 10.3. The Kier molecular flexibility index (Phi) is 3.84. The lowest BCUT2D eigenvalue weighted by Crippen LogP contribution is -2.18. The van der Waals surface area contributed by atoms with Crippen LogP contribution in [0.3, 0.4) is 0 Å². The fourth-order valence-corrected chi connectivity index (χ4v) is 0.952. The molecule has 0 spiro atoms. The largest absolute Gasteiger partial charge is 0.370 e. The van der Waals surface area contributed by atoms with Gasteiger partial charge in [-0.1, -0.05) is 0 Å². The molecule has 2 N–H and O–H groups in total. The van der Waals surface area contributed by atoms with Crippen molar-refractivity contribution in [3.8, 4) is 0 Å². The Balaban J connectivity index is 2.76. The van der Waals surface area contributed by atoms with Crippen LogP contribution < -0.4 is 10.6 Å². The second-order valence-corrected chi connectivity index (χ2v) is 2.91. The van der Waals surface area contributed by atoms with Gasteiger partial charge in [-0.15, -0.1) is 0 Å². The summed E-state index contributed by atoms with van der Waals surface area (Å²) >= 11 is 0. The maximum absolute atomic E-state index is 5.47. The fourth-order valence-electron chi connectivity index (χ4n) is 0.952. The first kappa shape index (κ1) is 10.9.